The average Bonchev–Trinajstić information content (AvgIpc) is 2.37. The zero-order valence-corrected chi connectivity index (χ0v) is 13.0. The van der Waals surface area contributed by atoms with E-state index in [4.69, 9.17) is 10.3 Å². The first-order valence-electron chi connectivity index (χ1n) is 6.69. The van der Waals surface area contributed by atoms with E-state index in [2.05, 4.69) is 26.8 Å². The van der Waals surface area contributed by atoms with Crippen LogP contribution in [-0.2, 0) is 0 Å². The summed E-state index contributed by atoms with van der Waals surface area (Å²) in [4.78, 5) is 23.0. The number of allylic oxidation sites excluding steroid dienone is 3. The van der Waals surface area contributed by atoms with Crippen LogP contribution in [0.5, 0.6) is 0 Å². The molecule has 0 saturated heterocycles. The molecule has 0 aromatic carbocycles. The molecular formula is C15H24N2O4. The second-order valence-electron chi connectivity index (χ2n) is 4.97. The van der Waals surface area contributed by atoms with Crippen LogP contribution in [0.4, 0.5) is 0 Å². The van der Waals surface area contributed by atoms with Crippen molar-refractivity contribution >= 4 is 0 Å². The van der Waals surface area contributed by atoms with Crippen LogP contribution in [-0.4, -0.2) is 26.6 Å². The molecule has 118 valence electrons. The highest BCUT2D eigenvalue weighted by molar-refractivity contribution is 5.02. The molecule has 0 atom stereocenters. The molecule has 0 aliphatic heterocycles. The van der Waals surface area contributed by atoms with Gasteiger partial charge >= 0.3 is 5.69 Å². The van der Waals surface area contributed by atoms with Crippen molar-refractivity contribution in [2.45, 2.75) is 40.5 Å². The molecule has 0 amide bonds. The number of aromatic amines is 1. The smallest absolute Gasteiger partial charge is 0.361 e. The molecule has 0 bridgehead atoms. The van der Waals surface area contributed by atoms with E-state index in [9.17, 15) is 9.59 Å². The van der Waals surface area contributed by atoms with Crippen molar-refractivity contribution in [1.82, 2.24) is 9.71 Å². The van der Waals surface area contributed by atoms with Gasteiger partial charge in [-0.15, -0.1) is 4.73 Å². The number of H-pyrrole nitrogens is 1. The molecule has 0 saturated carbocycles. The van der Waals surface area contributed by atoms with Gasteiger partial charge in [-0.2, -0.15) is 0 Å². The predicted molar refractivity (Wildman–Crippen MR) is 82.8 cm³/mol. The van der Waals surface area contributed by atoms with Crippen LogP contribution in [0.15, 0.2) is 39.1 Å². The third-order valence-corrected chi connectivity index (χ3v) is 2.63. The molecule has 1 rings (SSSR count). The summed E-state index contributed by atoms with van der Waals surface area (Å²) in [5.74, 6) is 0. The normalized spacial score (nSPS) is 10.6. The Kier molecular flexibility index (Phi) is 8.80. The summed E-state index contributed by atoms with van der Waals surface area (Å²) in [7, 11) is 0. The number of rotatable bonds is 4. The van der Waals surface area contributed by atoms with Crippen LogP contribution in [0.25, 0.3) is 0 Å². The van der Waals surface area contributed by atoms with Crippen molar-refractivity contribution in [1.29, 1.82) is 0 Å². The van der Waals surface area contributed by atoms with E-state index in [1.807, 2.05) is 11.1 Å². The fourth-order valence-electron chi connectivity index (χ4n) is 1.40. The van der Waals surface area contributed by atoms with E-state index >= 15 is 0 Å². The van der Waals surface area contributed by atoms with Gasteiger partial charge in [0.05, 0.1) is 12.8 Å². The van der Waals surface area contributed by atoms with Gasteiger partial charge in [0.1, 0.15) is 0 Å². The quantitative estimate of drug-likeness (QED) is 0.582. The summed E-state index contributed by atoms with van der Waals surface area (Å²) in [5.41, 5.74) is 1.62. The lowest BCUT2D eigenvalue weighted by Gasteiger charge is -1.96. The van der Waals surface area contributed by atoms with Gasteiger partial charge < -0.3 is 10.3 Å². The lowest BCUT2D eigenvalue weighted by molar-refractivity contribution is 0.169. The van der Waals surface area contributed by atoms with Crippen molar-refractivity contribution < 1.29 is 10.3 Å². The largest absolute Gasteiger partial charge is 0.424 e. The number of nitrogens with one attached hydrogen (secondary N) is 1. The van der Waals surface area contributed by atoms with Crippen molar-refractivity contribution in [3.05, 3.63) is 55.9 Å². The van der Waals surface area contributed by atoms with Gasteiger partial charge in [-0.05, 0) is 40.5 Å². The summed E-state index contributed by atoms with van der Waals surface area (Å²) in [6, 6.07) is 0. The molecule has 0 aliphatic carbocycles. The van der Waals surface area contributed by atoms with Gasteiger partial charge in [0.25, 0.3) is 5.56 Å². The molecule has 21 heavy (non-hydrogen) atoms. The number of hydrogen-bond acceptors (Lipinski definition) is 4. The Hall–Kier alpha value is -2.08. The first-order chi connectivity index (χ1) is 9.77. The summed E-state index contributed by atoms with van der Waals surface area (Å²) in [6.45, 7) is 7.91. The third kappa shape index (κ3) is 8.65. The first-order valence-corrected chi connectivity index (χ1v) is 6.69. The molecule has 0 aliphatic rings. The fourth-order valence-corrected chi connectivity index (χ4v) is 1.40. The zero-order chi connectivity index (χ0) is 16.4. The predicted octanol–water partition coefficient (Wildman–Crippen LogP) is 1.75. The van der Waals surface area contributed by atoms with E-state index < -0.39 is 11.2 Å². The van der Waals surface area contributed by atoms with Crippen LogP contribution >= 0.6 is 0 Å². The van der Waals surface area contributed by atoms with Crippen LogP contribution in [0.2, 0.25) is 0 Å². The molecule has 0 radical (unpaired) electrons. The maximum atomic E-state index is 10.6. The third-order valence-electron chi connectivity index (χ3n) is 2.63. The lowest BCUT2D eigenvalue weighted by Crippen LogP contribution is -2.29. The van der Waals surface area contributed by atoms with Crippen LogP contribution in [0.1, 0.15) is 39.2 Å². The fraction of sp³-hybridized carbons (Fsp3) is 0.467. The number of hydrogen-bond donors (Lipinski definition) is 3. The van der Waals surface area contributed by atoms with Gasteiger partial charge in [0, 0.05) is 5.56 Å². The minimum Gasteiger partial charge on any atom is -0.424 e. The van der Waals surface area contributed by atoms with Gasteiger partial charge in [-0.1, -0.05) is 23.3 Å². The van der Waals surface area contributed by atoms with Crippen LogP contribution in [0.3, 0.4) is 0 Å². The number of aliphatic hydroxyl groups is 1. The molecule has 0 fully saturated rings. The minimum absolute atomic E-state index is 0.167. The standard InChI is InChI=1S/C10H18O.C5H6N2O3/c1-9(2)5-4-6-10(3)7-8-11;1-3-2-7(10)5(9)6-4(3)8/h5,7,11H,4,6,8H2,1-3H3;2,10H,1H3,(H,6,8,9)/b10-7+;. The van der Waals surface area contributed by atoms with Crippen molar-refractivity contribution in [3.63, 3.8) is 0 Å². The Morgan fingerprint density at radius 3 is 2.38 bits per heavy atom. The number of nitrogens with zero attached hydrogens (tertiary/aromatic N) is 1. The SMILES string of the molecule is CC(C)=CCC/C(C)=C/CO.Cc1cn(O)c(=O)[nH]c1=O. The van der Waals surface area contributed by atoms with Gasteiger partial charge in [-0.25, -0.2) is 4.79 Å². The van der Waals surface area contributed by atoms with Crippen molar-refractivity contribution in [2.24, 2.45) is 0 Å². The van der Waals surface area contributed by atoms with Crippen molar-refractivity contribution in [2.75, 3.05) is 6.61 Å². The number of aromatic nitrogens is 2. The maximum absolute atomic E-state index is 10.6. The first kappa shape index (κ1) is 18.9. The summed E-state index contributed by atoms with van der Waals surface area (Å²) < 4.78 is 0.330. The molecule has 0 unspecified atom stereocenters. The van der Waals surface area contributed by atoms with Gasteiger partial charge in [0.15, 0.2) is 0 Å². The highest BCUT2D eigenvalue weighted by atomic mass is 16.5. The van der Waals surface area contributed by atoms with Crippen LogP contribution in [0, 0.1) is 6.92 Å². The zero-order valence-electron chi connectivity index (χ0n) is 13.0. The molecule has 1 aromatic heterocycles. The lowest BCUT2D eigenvalue weighted by atomic mass is 10.1. The molecular weight excluding hydrogens is 272 g/mol. The minimum atomic E-state index is -0.824. The molecule has 6 heteroatoms. The molecule has 0 spiro atoms. The maximum Gasteiger partial charge on any atom is 0.361 e. The molecule has 6 nitrogen and oxygen atoms in total. The van der Waals surface area contributed by atoms with E-state index in [-0.39, 0.29) is 6.61 Å². The highest BCUT2D eigenvalue weighted by Gasteiger charge is 1.95. The van der Waals surface area contributed by atoms with Crippen LogP contribution < -0.4 is 11.2 Å². The Morgan fingerprint density at radius 2 is 1.90 bits per heavy atom. The topological polar surface area (TPSA) is 95.3 Å². The Labute approximate surface area is 124 Å². The average molecular weight is 296 g/mol. The highest BCUT2D eigenvalue weighted by Crippen LogP contribution is 2.05. The number of aryl methyl sites for hydroxylation is 1. The van der Waals surface area contributed by atoms with Gasteiger partial charge in [-0.3, -0.25) is 9.78 Å². The molecule has 1 aromatic rings. The van der Waals surface area contributed by atoms with E-state index in [1.165, 1.54) is 18.1 Å². The van der Waals surface area contributed by atoms with Crippen molar-refractivity contribution in [3.8, 4) is 0 Å². The number of aliphatic hydroxyl groups excluding tert-OH is 1. The second-order valence-corrected chi connectivity index (χ2v) is 4.97. The Morgan fingerprint density at radius 1 is 1.29 bits per heavy atom. The Balaban J connectivity index is 0.000000382. The monoisotopic (exact) mass is 296 g/mol. The van der Waals surface area contributed by atoms with E-state index in [1.54, 1.807) is 0 Å². The van der Waals surface area contributed by atoms with E-state index in [0.717, 1.165) is 19.0 Å². The summed E-state index contributed by atoms with van der Waals surface area (Å²) >= 11 is 0. The Bertz CT molecular complexity index is 574. The van der Waals surface area contributed by atoms with Gasteiger partial charge in [0.2, 0.25) is 0 Å². The summed E-state index contributed by atoms with van der Waals surface area (Å²) in [5, 5.41) is 17.2. The van der Waals surface area contributed by atoms with E-state index in [0.29, 0.717) is 10.3 Å². The summed E-state index contributed by atoms with van der Waals surface area (Å²) in [6.07, 6.45) is 7.28. The second kappa shape index (κ2) is 9.77. The molecule has 3 N–H and O–H groups in total. The molecule has 1 heterocycles.